The van der Waals surface area contributed by atoms with Crippen LogP contribution in [0.2, 0.25) is 37.8 Å². The van der Waals surface area contributed by atoms with Gasteiger partial charge in [-0.2, -0.15) is 0 Å². The molecule has 7 heteroatoms. The third-order valence-electron chi connectivity index (χ3n) is 6.96. The van der Waals surface area contributed by atoms with Gasteiger partial charge in [0.15, 0.2) is 16.6 Å². The van der Waals surface area contributed by atoms with E-state index in [2.05, 4.69) is 72.6 Å². The summed E-state index contributed by atoms with van der Waals surface area (Å²) in [5.41, 5.74) is 0.415. The van der Waals surface area contributed by atoms with Crippen LogP contribution in [0.1, 0.15) is 39.7 Å². The Morgan fingerprint density at radius 2 is 1.69 bits per heavy atom. The molecule has 32 heavy (non-hydrogen) atoms. The Morgan fingerprint density at radius 3 is 2.22 bits per heavy atom. The monoisotopic (exact) mass is 475 g/mol. The highest BCUT2D eigenvalue weighted by Gasteiger charge is 2.62. The highest BCUT2D eigenvalue weighted by Crippen LogP contribution is 2.48. The maximum atomic E-state index is 12.8. The minimum atomic E-state index is -2.06. The summed E-state index contributed by atoms with van der Waals surface area (Å²) >= 11 is 0. The lowest BCUT2D eigenvalue weighted by molar-refractivity contribution is -0.275. The summed E-state index contributed by atoms with van der Waals surface area (Å²) in [6, 6.07) is 9.96. The third kappa shape index (κ3) is 5.12. The molecule has 0 radical (unpaired) electrons. The van der Waals surface area contributed by atoms with Crippen LogP contribution in [-0.4, -0.2) is 45.4 Å². The van der Waals surface area contributed by atoms with Gasteiger partial charge in [-0.05, 0) is 43.3 Å². The zero-order chi connectivity index (χ0) is 23.9. The van der Waals surface area contributed by atoms with Gasteiger partial charge in [-0.25, -0.2) is 5.06 Å². The second kappa shape index (κ2) is 8.83. The predicted molar refractivity (Wildman–Crippen MR) is 134 cm³/mol. The Balaban J connectivity index is 1.93. The predicted octanol–water partition coefficient (Wildman–Crippen LogP) is 5.91. The van der Waals surface area contributed by atoms with Gasteiger partial charge in [-0.1, -0.05) is 70.2 Å². The van der Waals surface area contributed by atoms with Gasteiger partial charge in [0.1, 0.15) is 18.2 Å². The number of amides is 1. The Morgan fingerprint density at radius 1 is 1.06 bits per heavy atom. The van der Waals surface area contributed by atoms with Crippen LogP contribution in [0.4, 0.5) is 0 Å². The van der Waals surface area contributed by atoms with Crippen LogP contribution in [0.25, 0.3) is 0 Å². The number of carbonyl (C=O) groups excluding carboxylic acids is 1. The van der Waals surface area contributed by atoms with Crippen LogP contribution >= 0.6 is 0 Å². The number of rotatable bonds is 7. The zero-order valence-corrected chi connectivity index (χ0v) is 23.3. The van der Waals surface area contributed by atoms with Crippen molar-refractivity contribution in [2.24, 2.45) is 5.92 Å². The molecule has 1 spiro atoms. The third-order valence-corrected chi connectivity index (χ3v) is 12.4. The SMILES string of the molecule is CC1C=CC2(CC(=O)N2OCc2ccccc2)C(O[Si](C)(C)C)C1O[Si](C)(C)C(C)(C)C. The average Bonchev–Trinajstić information content (AvgIpc) is 2.65. The molecule has 0 aromatic heterocycles. The number of hydroxylamine groups is 2. The van der Waals surface area contributed by atoms with E-state index in [-0.39, 0.29) is 29.1 Å². The number of carbonyl (C=O) groups is 1. The van der Waals surface area contributed by atoms with E-state index in [1.54, 1.807) is 5.06 Å². The summed E-state index contributed by atoms with van der Waals surface area (Å²) in [5.74, 6) is 0.193. The van der Waals surface area contributed by atoms with Crippen LogP contribution in [0.15, 0.2) is 42.5 Å². The van der Waals surface area contributed by atoms with Gasteiger partial charge in [0.05, 0.1) is 12.5 Å². The molecule has 1 amide bonds. The van der Waals surface area contributed by atoms with E-state index in [1.807, 2.05) is 30.3 Å². The highest BCUT2D eigenvalue weighted by molar-refractivity contribution is 6.74. The molecule has 0 saturated carbocycles. The number of hydrogen-bond donors (Lipinski definition) is 0. The molecule has 2 aliphatic rings. The maximum Gasteiger partial charge on any atom is 0.249 e. The van der Waals surface area contributed by atoms with E-state index in [4.69, 9.17) is 13.7 Å². The van der Waals surface area contributed by atoms with Gasteiger partial charge >= 0.3 is 0 Å². The van der Waals surface area contributed by atoms with Crippen molar-refractivity contribution in [2.45, 2.75) is 96.2 Å². The van der Waals surface area contributed by atoms with E-state index in [0.717, 1.165) is 5.56 Å². The van der Waals surface area contributed by atoms with Crippen molar-refractivity contribution in [3.05, 3.63) is 48.0 Å². The smallest absolute Gasteiger partial charge is 0.249 e. The first-order chi connectivity index (χ1) is 14.7. The molecule has 1 aliphatic carbocycles. The zero-order valence-electron chi connectivity index (χ0n) is 21.3. The van der Waals surface area contributed by atoms with Gasteiger partial charge in [-0.3, -0.25) is 9.63 Å². The molecular formula is C25H41NO4Si2. The summed E-state index contributed by atoms with van der Waals surface area (Å²) in [4.78, 5) is 18.9. The molecule has 5 nitrogen and oxygen atoms in total. The van der Waals surface area contributed by atoms with Crippen molar-refractivity contribution < 1.29 is 18.5 Å². The van der Waals surface area contributed by atoms with Crippen molar-refractivity contribution in [1.29, 1.82) is 0 Å². The fourth-order valence-electron chi connectivity index (χ4n) is 4.09. The molecule has 4 unspecified atom stereocenters. The normalized spacial score (nSPS) is 28.8. The van der Waals surface area contributed by atoms with E-state index in [0.29, 0.717) is 13.0 Å². The maximum absolute atomic E-state index is 12.8. The molecule has 4 atom stereocenters. The van der Waals surface area contributed by atoms with Crippen LogP contribution in [0.3, 0.4) is 0 Å². The first kappa shape index (κ1) is 25.4. The molecule has 178 valence electrons. The highest BCUT2D eigenvalue weighted by atomic mass is 28.4. The van der Waals surface area contributed by atoms with Crippen molar-refractivity contribution in [3.63, 3.8) is 0 Å². The van der Waals surface area contributed by atoms with Crippen molar-refractivity contribution in [1.82, 2.24) is 5.06 Å². The van der Waals surface area contributed by atoms with Crippen LogP contribution in [0, 0.1) is 5.92 Å². The minimum absolute atomic E-state index is 0.00427. The average molecular weight is 476 g/mol. The molecule has 0 bridgehead atoms. The lowest BCUT2D eigenvalue weighted by Gasteiger charge is -2.58. The van der Waals surface area contributed by atoms with E-state index in [1.165, 1.54) is 0 Å². The van der Waals surface area contributed by atoms with Crippen molar-refractivity contribution in [3.8, 4) is 0 Å². The molecular weight excluding hydrogens is 434 g/mol. The minimum Gasteiger partial charge on any atom is -0.411 e. The lowest BCUT2D eigenvalue weighted by atomic mass is 9.72. The number of nitrogens with zero attached hydrogens (tertiary/aromatic N) is 1. The topological polar surface area (TPSA) is 48.0 Å². The number of benzene rings is 1. The Hall–Kier alpha value is -1.26. The van der Waals surface area contributed by atoms with E-state index >= 15 is 0 Å². The molecule has 3 rings (SSSR count). The van der Waals surface area contributed by atoms with Crippen LogP contribution in [0.5, 0.6) is 0 Å². The molecule has 1 aromatic carbocycles. The lowest BCUT2D eigenvalue weighted by Crippen LogP contribution is -2.74. The molecule has 0 N–H and O–H groups in total. The quantitative estimate of drug-likeness (QED) is 0.280. The number of hydrogen-bond acceptors (Lipinski definition) is 4. The molecule has 1 aromatic rings. The summed E-state index contributed by atoms with van der Waals surface area (Å²) in [5, 5.41) is 1.65. The molecule has 1 saturated heterocycles. The van der Waals surface area contributed by atoms with Crippen molar-refractivity contribution in [2.75, 3.05) is 0 Å². The number of β-lactam (4-membered cyclic amide) rings is 1. The molecule has 1 fully saturated rings. The second-order valence-corrected chi connectivity index (χ2v) is 21.0. The Bertz CT molecular complexity index is 844. The standard InChI is InChI=1S/C25H41NO4Si2/c1-19-15-16-25(17-21(27)26(25)28-18-20-13-11-10-12-14-20)23(30-31(5,6)7)22(19)29-32(8,9)24(2,3)4/h10-16,19,22-23H,17-18H2,1-9H3. The first-order valence-electron chi connectivity index (χ1n) is 11.7. The summed E-state index contributed by atoms with van der Waals surface area (Å²) < 4.78 is 13.8. The van der Waals surface area contributed by atoms with Gasteiger partial charge < -0.3 is 8.85 Å². The fraction of sp³-hybridized carbons (Fsp3) is 0.640. The largest absolute Gasteiger partial charge is 0.411 e. The van der Waals surface area contributed by atoms with Crippen molar-refractivity contribution >= 4 is 22.5 Å². The molecule has 1 heterocycles. The van der Waals surface area contributed by atoms with Gasteiger partial charge in [0.25, 0.3) is 0 Å². The van der Waals surface area contributed by atoms with E-state index in [9.17, 15) is 4.79 Å². The van der Waals surface area contributed by atoms with Crippen LogP contribution < -0.4 is 0 Å². The molecule has 1 aliphatic heterocycles. The van der Waals surface area contributed by atoms with Gasteiger partial charge in [0, 0.05) is 5.92 Å². The second-order valence-electron chi connectivity index (χ2n) is 11.8. The summed E-state index contributed by atoms with van der Waals surface area (Å²) in [6.07, 6.45) is 4.34. The van der Waals surface area contributed by atoms with Gasteiger partial charge in [-0.15, -0.1) is 0 Å². The van der Waals surface area contributed by atoms with E-state index < -0.39 is 22.2 Å². The Labute approximate surface area is 196 Å². The van der Waals surface area contributed by atoms with Gasteiger partial charge in [0.2, 0.25) is 5.91 Å². The fourth-order valence-corrected chi connectivity index (χ4v) is 6.57. The summed E-state index contributed by atoms with van der Waals surface area (Å²) in [7, 11) is -3.99. The Kier molecular flexibility index (Phi) is 7.00. The summed E-state index contributed by atoms with van der Waals surface area (Å²) in [6.45, 7) is 20.5. The van der Waals surface area contributed by atoms with Crippen LogP contribution in [-0.2, 0) is 25.1 Å². The first-order valence-corrected chi connectivity index (χ1v) is 18.0.